The first-order valence-electron chi connectivity index (χ1n) is 9.98. The Kier molecular flexibility index (Phi) is 5.81. The molecule has 0 spiro atoms. The van der Waals surface area contributed by atoms with Gasteiger partial charge in [0.2, 0.25) is 5.95 Å². The number of nitro benzene ring substituents is 1. The lowest BCUT2D eigenvalue weighted by Gasteiger charge is -2.23. The number of ketones is 1. The van der Waals surface area contributed by atoms with Crippen molar-refractivity contribution >= 4 is 29.1 Å². The molecule has 1 amide bonds. The molecular formula is C23H18N4O6. The zero-order valence-electron chi connectivity index (χ0n) is 17.4. The number of benzene rings is 2. The molecule has 10 heteroatoms. The Morgan fingerprint density at radius 3 is 2.45 bits per heavy atom. The summed E-state index contributed by atoms with van der Waals surface area (Å²) in [6.45, 7) is 2.29. The van der Waals surface area contributed by atoms with E-state index in [0.29, 0.717) is 12.4 Å². The molecule has 0 saturated carbocycles. The van der Waals surface area contributed by atoms with Crippen LogP contribution in [-0.4, -0.2) is 38.3 Å². The van der Waals surface area contributed by atoms with Crippen molar-refractivity contribution in [2.24, 2.45) is 0 Å². The number of nitrogens with zero attached hydrogens (tertiary/aromatic N) is 4. The lowest BCUT2D eigenvalue weighted by atomic mass is 9.95. The third kappa shape index (κ3) is 4.01. The van der Waals surface area contributed by atoms with E-state index >= 15 is 0 Å². The average Bonchev–Trinajstić information content (AvgIpc) is 3.10. The predicted octanol–water partition coefficient (Wildman–Crippen LogP) is 3.41. The highest BCUT2D eigenvalue weighted by molar-refractivity contribution is 6.51. The van der Waals surface area contributed by atoms with Gasteiger partial charge in [0.1, 0.15) is 11.5 Å². The van der Waals surface area contributed by atoms with Crippen LogP contribution in [0.2, 0.25) is 0 Å². The monoisotopic (exact) mass is 446 g/mol. The third-order valence-electron chi connectivity index (χ3n) is 5.05. The van der Waals surface area contributed by atoms with Gasteiger partial charge >= 0.3 is 5.91 Å². The Labute approximate surface area is 187 Å². The maximum absolute atomic E-state index is 13.1. The summed E-state index contributed by atoms with van der Waals surface area (Å²) in [4.78, 5) is 46.0. The molecule has 33 heavy (non-hydrogen) atoms. The lowest BCUT2D eigenvalue weighted by molar-refractivity contribution is -0.384. The second-order valence-electron chi connectivity index (χ2n) is 7.03. The van der Waals surface area contributed by atoms with E-state index < -0.39 is 28.4 Å². The Morgan fingerprint density at radius 2 is 1.82 bits per heavy atom. The minimum Gasteiger partial charge on any atom is -0.507 e. The van der Waals surface area contributed by atoms with Gasteiger partial charge in [-0.25, -0.2) is 9.97 Å². The van der Waals surface area contributed by atoms with Crippen molar-refractivity contribution in [3.63, 3.8) is 0 Å². The molecule has 0 unspecified atom stereocenters. The fourth-order valence-electron chi connectivity index (χ4n) is 3.61. The topological polar surface area (TPSA) is 136 Å². The molecule has 166 valence electrons. The number of Topliss-reactive ketones (excluding diaryl/α,β-unsaturated/α-hetero) is 1. The van der Waals surface area contributed by atoms with Gasteiger partial charge in [0.05, 0.1) is 23.1 Å². The molecule has 1 aliphatic heterocycles. The molecule has 0 aliphatic carbocycles. The highest BCUT2D eigenvalue weighted by atomic mass is 16.6. The molecule has 1 fully saturated rings. The Bertz CT molecular complexity index is 1260. The van der Waals surface area contributed by atoms with E-state index in [0.717, 1.165) is 4.90 Å². The second kappa shape index (κ2) is 8.87. The largest absolute Gasteiger partial charge is 0.507 e. The number of hydrogen-bond acceptors (Lipinski definition) is 8. The van der Waals surface area contributed by atoms with Crippen molar-refractivity contribution in [2.75, 3.05) is 11.5 Å². The van der Waals surface area contributed by atoms with Crippen LogP contribution in [0, 0.1) is 10.1 Å². The molecule has 1 aliphatic rings. The number of carbonyl (C=O) groups is 2. The maximum Gasteiger partial charge on any atom is 0.302 e. The summed E-state index contributed by atoms with van der Waals surface area (Å²) < 4.78 is 5.40. The summed E-state index contributed by atoms with van der Waals surface area (Å²) in [5.41, 5.74) is 0.0782. The van der Waals surface area contributed by atoms with Gasteiger partial charge in [0.25, 0.3) is 11.5 Å². The number of amides is 1. The maximum atomic E-state index is 13.1. The smallest absolute Gasteiger partial charge is 0.302 e. The van der Waals surface area contributed by atoms with Crippen LogP contribution in [0.3, 0.4) is 0 Å². The molecule has 1 N–H and O–H groups in total. The van der Waals surface area contributed by atoms with E-state index in [1.807, 2.05) is 6.92 Å². The first-order chi connectivity index (χ1) is 15.9. The van der Waals surface area contributed by atoms with Gasteiger partial charge < -0.3 is 9.84 Å². The highest BCUT2D eigenvalue weighted by Crippen LogP contribution is 2.41. The Hall–Kier alpha value is -4.60. The van der Waals surface area contributed by atoms with Crippen molar-refractivity contribution in [2.45, 2.75) is 13.0 Å². The molecule has 2 heterocycles. The molecule has 3 aromatic rings. The van der Waals surface area contributed by atoms with Crippen LogP contribution in [0.25, 0.3) is 5.76 Å². The zero-order valence-corrected chi connectivity index (χ0v) is 17.4. The minimum atomic E-state index is -1.17. The summed E-state index contributed by atoms with van der Waals surface area (Å²) in [7, 11) is 0. The van der Waals surface area contributed by atoms with Gasteiger partial charge in [0.15, 0.2) is 0 Å². The molecule has 10 nitrogen and oxygen atoms in total. The summed E-state index contributed by atoms with van der Waals surface area (Å²) in [6.07, 6.45) is 2.80. The van der Waals surface area contributed by atoms with Gasteiger partial charge in [-0.05, 0) is 42.8 Å². The zero-order chi connectivity index (χ0) is 23.5. The summed E-state index contributed by atoms with van der Waals surface area (Å²) in [5.74, 6) is -1.83. The second-order valence-corrected chi connectivity index (χ2v) is 7.03. The third-order valence-corrected chi connectivity index (χ3v) is 5.05. The number of nitro groups is 1. The van der Waals surface area contributed by atoms with Crippen molar-refractivity contribution in [1.29, 1.82) is 0 Å². The predicted molar refractivity (Wildman–Crippen MR) is 118 cm³/mol. The van der Waals surface area contributed by atoms with E-state index in [9.17, 15) is 24.8 Å². The van der Waals surface area contributed by atoms with Gasteiger partial charge in [-0.2, -0.15) is 0 Å². The number of anilines is 1. The first kappa shape index (κ1) is 21.6. The standard InChI is InChI=1S/C23H18N4O6/c1-2-33-17-9-7-14(8-10-17)20(28)18-19(15-5-3-6-16(13-15)27(31)32)26(22(30)21(18)29)23-24-11-4-12-25-23/h3-13,19,28H,2H2,1H3/t19-/m0/s1. The van der Waals surface area contributed by atoms with Crippen LogP contribution >= 0.6 is 0 Å². The van der Waals surface area contributed by atoms with Crippen LogP contribution in [0.5, 0.6) is 5.75 Å². The number of carbonyl (C=O) groups excluding carboxylic acids is 2. The summed E-state index contributed by atoms with van der Waals surface area (Å²) in [5, 5.41) is 22.4. The van der Waals surface area contributed by atoms with Crippen molar-refractivity contribution in [3.05, 3.63) is 93.8 Å². The van der Waals surface area contributed by atoms with Gasteiger partial charge in [0, 0.05) is 30.1 Å². The Balaban J connectivity index is 1.91. The fourth-order valence-corrected chi connectivity index (χ4v) is 3.61. The summed E-state index contributed by atoms with van der Waals surface area (Å²) >= 11 is 0. The van der Waals surface area contributed by atoms with Crippen LogP contribution < -0.4 is 9.64 Å². The SMILES string of the molecule is CCOc1ccc(C(O)=C2C(=O)C(=O)N(c3ncccn3)[C@H]2c2cccc([N+](=O)[O-])c2)cc1. The minimum absolute atomic E-state index is 0.0677. The molecule has 4 rings (SSSR count). The number of hydrogen-bond donors (Lipinski definition) is 1. The molecule has 1 atom stereocenters. The normalized spacial score (nSPS) is 17.2. The highest BCUT2D eigenvalue weighted by Gasteiger charge is 2.48. The van der Waals surface area contributed by atoms with E-state index in [4.69, 9.17) is 4.74 Å². The quantitative estimate of drug-likeness (QED) is 0.200. The van der Waals surface area contributed by atoms with Crippen LogP contribution in [0.15, 0.2) is 72.6 Å². The number of non-ortho nitro benzene ring substituents is 1. The van der Waals surface area contributed by atoms with E-state index in [-0.39, 0.29) is 28.3 Å². The van der Waals surface area contributed by atoms with E-state index in [2.05, 4.69) is 9.97 Å². The molecule has 1 saturated heterocycles. The number of rotatable bonds is 6. The van der Waals surface area contributed by atoms with Crippen LogP contribution in [0.1, 0.15) is 24.1 Å². The van der Waals surface area contributed by atoms with Crippen molar-refractivity contribution < 1.29 is 24.4 Å². The molecule has 0 bridgehead atoms. The van der Waals surface area contributed by atoms with Crippen LogP contribution in [0.4, 0.5) is 11.6 Å². The number of aromatic nitrogens is 2. The van der Waals surface area contributed by atoms with Crippen LogP contribution in [-0.2, 0) is 9.59 Å². The number of aliphatic hydroxyl groups excluding tert-OH is 1. The van der Waals surface area contributed by atoms with Crippen molar-refractivity contribution in [1.82, 2.24) is 9.97 Å². The average molecular weight is 446 g/mol. The van der Waals surface area contributed by atoms with E-state index in [1.54, 1.807) is 30.3 Å². The lowest BCUT2D eigenvalue weighted by Crippen LogP contribution is -2.31. The number of ether oxygens (including phenoxy) is 1. The Morgan fingerprint density at radius 1 is 1.12 bits per heavy atom. The fraction of sp³-hybridized carbons (Fsp3) is 0.130. The number of aliphatic hydroxyl groups is 1. The van der Waals surface area contributed by atoms with Gasteiger partial charge in [-0.3, -0.25) is 24.6 Å². The van der Waals surface area contributed by atoms with Crippen molar-refractivity contribution in [3.8, 4) is 5.75 Å². The molecule has 0 radical (unpaired) electrons. The van der Waals surface area contributed by atoms with E-state index in [1.165, 1.54) is 36.7 Å². The molecule has 1 aromatic heterocycles. The first-order valence-corrected chi connectivity index (χ1v) is 9.98. The molecule has 2 aromatic carbocycles. The molecular weight excluding hydrogens is 428 g/mol. The summed E-state index contributed by atoms with van der Waals surface area (Å²) in [6, 6.07) is 12.2. The van der Waals surface area contributed by atoms with Gasteiger partial charge in [-0.1, -0.05) is 12.1 Å². The van der Waals surface area contributed by atoms with Gasteiger partial charge in [-0.15, -0.1) is 0 Å².